The molecule has 90 valence electrons. The predicted molar refractivity (Wildman–Crippen MR) is 77.7 cm³/mol. The summed E-state index contributed by atoms with van der Waals surface area (Å²) in [5.74, 6) is 0. The van der Waals surface area contributed by atoms with E-state index in [4.69, 9.17) is 0 Å². The van der Waals surface area contributed by atoms with Crippen LogP contribution in [0.15, 0.2) is 71.8 Å². The van der Waals surface area contributed by atoms with Crippen molar-refractivity contribution < 1.29 is 37.7 Å². The fraction of sp³-hybridized carbons (Fsp3) is 0. The van der Waals surface area contributed by atoms with Crippen molar-refractivity contribution in [3.8, 4) is 0 Å². The van der Waals surface area contributed by atoms with E-state index in [-0.39, 0.29) is 37.7 Å². The summed E-state index contributed by atoms with van der Waals surface area (Å²) in [4.78, 5) is 0. The summed E-state index contributed by atoms with van der Waals surface area (Å²) in [5.41, 5.74) is 6.66. The number of allylic oxidation sites excluding steroid dienone is 1. The molecule has 0 saturated heterocycles. The molecule has 2 nitrogen and oxygen atoms in total. The molecule has 0 saturated carbocycles. The molecule has 2 aromatic rings. The van der Waals surface area contributed by atoms with Crippen LogP contribution in [0.25, 0.3) is 11.5 Å². The second kappa shape index (κ2) is 10.5. The molecule has 0 N–H and O–H groups in total. The standard InChI is InChI=1S/C16H14N2.2Li/c1-14(12-13-15-8-4-2-5-9-15)17-18-16-10-6-3-7-11-16;;/h2-13H,1H2;;/q-2;2*+1/b13-12+,17-14+;;. The minimum absolute atomic E-state index is 0. The van der Waals surface area contributed by atoms with Crippen LogP contribution in [0.1, 0.15) is 5.56 Å². The molecule has 0 heterocycles. The fourth-order valence-corrected chi connectivity index (χ4v) is 1.41. The number of benzene rings is 2. The number of hydrogen-bond acceptors (Lipinski definition) is 1. The molecular weight excluding hydrogens is 234 g/mol. The van der Waals surface area contributed by atoms with Crippen molar-refractivity contribution >= 4 is 17.5 Å². The Balaban J connectivity index is 0.00000180. The monoisotopic (exact) mass is 248 g/mol. The van der Waals surface area contributed by atoms with E-state index in [9.17, 15) is 0 Å². The van der Waals surface area contributed by atoms with Gasteiger partial charge in [-0.2, -0.15) is 6.08 Å². The number of rotatable bonds is 4. The van der Waals surface area contributed by atoms with Crippen molar-refractivity contribution in [3.63, 3.8) is 0 Å². The quantitative estimate of drug-likeness (QED) is 0.275. The van der Waals surface area contributed by atoms with Gasteiger partial charge in [0.25, 0.3) is 0 Å². The normalized spacial score (nSPS) is 10.5. The molecule has 0 fully saturated rings. The SMILES string of the molecule is [CH2-]C(/C=C/c1ccccc1)=N\[N-]c1ccccc1.[Li+].[Li+]. The zero-order valence-electron chi connectivity index (χ0n) is 12.0. The van der Waals surface area contributed by atoms with E-state index >= 15 is 0 Å². The van der Waals surface area contributed by atoms with Crippen LogP contribution in [0.5, 0.6) is 0 Å². The van der Waals surface area contributed by atoms with Gasteiger partial charge in [0.15, 0.2) is 0 Å². The fourth-order valence-electron chi connectivity index (χ4n) is 1.41. The average molecular weight is 248 g/mol. The van der Waals surface area contributed by atoms with E-state index in [0.717, 1.165) is 11.3 Å². The minimum atomic E-state index is 0. The summed E-state index contributed by atoms with van der Waals surface area (Å²) >= 11 is 0. The average Bonchev–Trinajstić information content (AvgIpc) is 2.45. The molecule has 0 aromatic heterocycles. The second-order valence-corrected chi connectivity index (χ2v) is 3.77. The van der Waals surface area contributed by atoms with E-state index in [1.807, 2.05) is 72.8 Å². The third kappa shape index (κ3) is 6.76. The van der Waals surface area contributed by atoms with Gasteiger partial charge in [0.1, 0.15) is 0 Å². The zero-order valence-corrected chi connectivity index (χ0v) is 12.0. The molecule has 2 rings (SSSR count). The molecule has 0 atom stereocenters. The molecule has 0 aliphatic rings. The van der Waals surface area contributed by atoms with Crippen LogP contribution in [0.3, 0.4) is 0 Å². The van der Waals surface area contributed by atoms with Crippen molar-refractivity contribution in [1.82, 2.24) is 0 Å². The first-order chi connectivity index (χ1) is 8.84. The van der Waals surface area contributed by atoms with Gasteiger partial charge in [0.05, 0.1) is 0 Å². The van der Waals surface area contributed by atoms with Crippen molar-refractivity contribution in [2.75, 3.05) is 0 Å². The molecule has 20 heavy (non-hydrogen) atoms. The van der Waals surface area contributed by atoms with Crippen LogP contribution in [0, 0.1) is 6.92 Å². The van der Waals surface area contributed by atoms with Gasteiger partial charge in [-0.05, 0) is 5.56 Å². The second-order valence-electron chi connectivity index (χ2n) is 3.77. The van der Waals surface area contributed by atoms with Crippen LogP contribution in [0.2, 0.25) is 0 Å². The third-order valence-electron chi connectivity index (χ3n) is 2.32. The first kappa shape index (κ1) is 18.7. The maximum atomic E-state index is 4.09. The van der Waals surface area contributed by atoms with Crippen molar-refractivity contribution in [2.45, 2.75) is 0 Å². The van der Waals surface area contributed by atoms with Gasteiger partial charge in [-0.25, -0.2) is 6.92 Å². The van der Waals surface area contributed by atoms with Gasteiger partial charge >= 0.3 is 37.7 Å². The van der Waals surface area contributed by atoms with Gasteiger partial charge in [-0.15, -0.1) is 17.5 Å². The van der Waals surface area contributed by atoms with Crippen LogP contribution < -0.4 is 37.7 Å². The molecule has 0 bridgehead atoms. The third-order valence-corrected chi connectivity index (χ3v) is 2.32. The van der Waals surface area contributed by atoms with Crippen molar-refractivity contribution in [3.05, 3.63) is 84.7 Å². The summed E-state index contributed by atoms with van der Waals surface area (Å²) in [6, 6.07) is 19.6. The first-order valence-corrected chi connectivity index (χ1v) is 5.73. The molecule has 2 aromatic carbocycles. The molecule has 0 aliphatic heterocycles. The Morgan fingerprint density at radius 1 is 0.900 bits per heavy atom. The Morgan fingerprint density at radius 3 is 2.05 bits per heavy atom. The predicted octanol–water partition coefficient (Wildman–Crippen LogP) is -1.40. The molecule has 0 radical (unpaired) electrons. The Morgan fingerprint density at radius 2 is 1.45 bits per heavy atom. The molecule has 0 unspecified atom stereocenters. The van der Waals surface area contributed by atoms with Crippen LogP contribution in [-0.4, -0.2) is 5.71 Å². The summed E-state index contributed by atoms with van der Waals surface area (Å²) in [6.07, 6.45) is 3.81. The Labute approximate surface area is 144 Å². The molecule has 0 aliphatic carbocycles. The van der Waals surface area contributed by atoms with Crippen molar-refractivity contribution in [1.29, 1.82) is 0 Å². The summed E-state index contributed by atoms with van der Waals surface area (Å²) in [7, 11) is 0. The van der Waals surface area contributed by atoms with Gasteiger partial charge in [0.2, 0.25) is 0 Å². The van der Waals surface area contributed by atoms with Crippen LogP contribution in [0.4, 0.5) is 5.69 Å². The smallest absolute Gasteiger partial charge is 0.578 e. The zero-order chi connectivity index (χ0) is 12.6. The largest absolute Gasteiger partial charge is 1.00 e. The minimum Gasteiger partial charge on any atom is -0.578 e. The van der Waals surface area contributed by atoms with Gasteiger partial charge in [0, 0.05) is 0 Å². The van der Waals surface area contributed by atoms with Crippen LogP contribution in [-0.2, 0) is 0 Å². The van der Waals surface area contributed by atoms with Crippen molar-refractivity contribution in [2.24, 2.45) is 5.10 Å². The maximum absolute atomic E-state index is 4.09. The Bertz CT molecular complexity index is 537. The van der Waals surface area contributed by atoms with E-state index in [2.05, 4.69) is 17.5 Å². The molecule has 4 heteroatoms. The summed E-state index contributed by atoms with van der Waals surface area (Å²) < 4.78 is 0. The Hall–Kier alpha value is -1.29. The molecule has 0 amide bonds. The first-order valence-electron chi connectivity index (χ1n) is 5.73. The van der Waals surface area contributed by atoms with Gasteiger partial charge in [-0.3, -0.25) is 0 Å². The number of nitrogens with zero attached hydrogens (tertiary/aromatic N) is 2. The molecule has 0 spiro atoms. The molecular formula is C16H14Li2N2. The number of hydrogen-bond donors (Lipinski definition) is 0. The van der Waals surface area contributed by atoms with Gasteiger partial charge in [-0.1, -0.05) is 60.7 Å². The van der Waals surface area contributed by atoms with Gasteiger partial charge < -0.3 is 10.5 Å². The Kier molecular flexibility index (Phi) is 9.82. The van der Waals surface area contributed by atoms with Crippen LogP contribution >= 0.6 is 0 Å². The summed E-state index contributed by atoms with van der Waals surface area (Å²) in [6.45, 7) is 3.84. The maximum Gasteiger partial charge on any atom is 1.00 e. The van der Waals surface area contributed by atoms with E-state index in [1.165, 1.54) is 0 Å². The van der Waals surface area contributed by atoms with E-state index in [1.54, 1.807) is 0 Å². The van der Waals surface area contributed by atoms with E-state index < -0.39 is 0 Å². The topological polar surface area (TPSA) is 26.5 Å². The van der Waals surface area contributed by atoms with E-state index in [0.29, 0.717) is 5.71 Å². The summed E-state index contributed by atoms with van der Waals surface area (Å²) in [5, 5.41) is 4.05.